The second-order valence-electron chi connectivity index (χ2n) is 5.16. The zero-order valence-corrected chi connectivity index (χ0v) is 17.3. The van der Waals surface area contributed by atoms with E-state index in [1.807, 2.05) is 18.2 Å². The Hall–Kier alpha value is -1.28. The Morgan fingerprint density at radius 2 is 1.88 bits per heavy atom. The number of hydrogen-bond donors (Lipinski definition) is 3. The summed E-state index contributed by atoms with van der Waals surface area (Å²) in [6.45, 7) is 5.63. The Bertz CT molecular complexity index is 558. The van der Waals surface area contributed by atoms with Gasteiger partial charge in [0.2, 0.25) is 0 Å². The average Bonchev–Trinajstić information content (AvgIpc) is 3.09. The zero-order valence-electron chi connectivity index (χ0n) is 14.1. The first-order valence-electron chi connectivity index (χ1n) is 8.22. The molecular formula is C18H27IN4S. The number of hydrogen-bond acceptors (Lipinski definition) is 3. The lowest BCUT2D eigenvalue weighted by Crippen LogP contribution is -2.38. The third-order valence-electron chi connectivity index (χ3n) is 3.30. The van der Waals surface area contributed by atoms with Crippen molar-refractivity contribution in [3.05, 3.63) is 52.7 Å². The molecule has 0 aliphatic carbocycles. The lowest BCUT2D eigenvalue weighted by molar-refractivity contribution is 0.791. The van der Waals surface area contributed by atoms with Crippen LogP contribution in [0.15, 0.2) is 52.8 Å². The van der Waals surface area contributed by atoms with E-state index >= 15 is 0 Å². The molecule has 0 bridgehead atoms. The minimum atomic E-state index is 0. The van der Waals surface area contributed by atoms with Gasteiger partial charge in [-0.05, 0) is 43.3 Å². The molecule has 6 heteroatoms. The van der Waals surface area contributed by atoms with Crippen LogP contribution in [0.3, 0.4) is 0 Å². The van der Waals surface area contributed by atoms with E-state index in [2.05, 4.69) is 57.5 Å². The molecule has 0 aliphatic rings. The Balaban J connectivity index is 0.00000288. The van der Waals surface area contributed by atoms with Gasteiger partial charge < -0.3 is 16.0 Å². The number of nitrogens with zero attached hydrogens (tertiary/aromatic N) is 1. The summed E-state index contributed by atoms with van der Waals surface area (Å²) in [5.41, 5.74) is 1.16. The fraction of sp³-hybridized carbons (Fsp3) is 0.389. The quantitative estimate of drug-likeness (QED) is 0.231. The van der Waals surface area contributed by atoms with Crippen molar-refractivity contribution in [1.29, 1.82) is 0 Å². The molecule has 4 nitrogen and oxygen atoms in total. The minimum Gasteiger partial charge on any atom is -0.385 e. The third-order valence-corrected chi connectivity index (χ3v) is 4.23. The maximum Gasteiger partial charge on any atom is 0.191 e. The molecule has 0 spiro atoms. The van der Waals surface area contributed by atoms with Crippen LogP contribution in [-0.2, 0) is 6.42 Å². The van der Waals surface area contributed by atoms with Gasteiger partial charge in [0, 0.05) is 36.7 Å². The lowest BCUT2D eigenvalue weighted by atomic mass is 10.3. The first-order valence-corrected chi connectivity index (χ1v) is 9.10. The van der Waals surface area contributed by atoms with Gasteiger partial charge in [0.15, 0.2) is 5.96 Å². The van der Waals surface area contributed by atoms with E-state index in [4.69, 9.17) is 0 Å². The Labute approximate surface area is 166 Å². The van der Waals surface area contributed by atoms with Gasteiger partial charge in [-0.3, -0.25) is 4.99 Å². The molecular weight excluding hydrogens is 431 g/mol. The van der Waals surface area contributed by atoms with Crippen molar-refractivity contribution in [2.75, 3.05) is 31.5 Å². The first-order chi connectivity index (χ1) is 11.4. The number of aliphatic imine (C=N–C) groups is 1. The van der Waals surface area contributed by atoms with Crippen LogP contribution >= 0.6 is 35.3 Å². The smallest absolute Gasteiger partial charge is 0.191 e. The molecule has 0 amide bonds. The van der Waals surface area contributed by atoms with Gasteiger partial charge in [0.05, 0.1) is 0 Å². The van der Waals surface area contributed by atoms with Crippen molar-refractivity contribution in [2.45, 2.75) is 19.8 Å². The van der Waals surface area contributed by atoms with Crippen LogP contribution in [0, 0.1) is 0 Å². The molecule has 0 saturated heterocycles. The van der Waals surface area contributed by atoms with Gasteiger partial charge >= 0.3 is 0 Å². The lowest BCUT2D eigenvalue weighted by Gasteiger charge is -2.11. The van der Waals surface area contributed by atoms with E-state index in [0.717, 1.165) is 50.7 Å². The molecule has 2 aromatic rings. The van der Waals surface area contributed by atoms with Gasteiger partial charge in [-0.15, -0.1) is 35.3 Å². The molecule has 0 saturated carbocycles. The number of benzene rings is 1. The number of thiophene rings is 1. The summed E-state index contributed by atoms with van der Waals surface area (Å²) in [7, 11) is 0. The molecule has 0 unspecified atom stereocenters. The van der Waals surface area contributed by atoms with Crippen LogP contribution in [0.25, 0.3) is 0 Å². The van der Waals surface area contributed by atoms with E-state index in [1.54, 1.807) is 11.3 Å². The highest BCUT2D eigenvalue weighted by Gasteiger charge is 1.98. The fourth-order valence-corrected chi connectivity index (χ4v) is 2.87. The predicted molar refractivity (Wildman–Crippen MR) is 117 cm³/mol. The fourth-order valence-electron chi connectivity index (χ4n) is 2.16. The molecule has 132 valence electrons. The van der Waals surface area contributed by atoms with Crippen LogP contribution in [0.4, 0.5) is 5.69 Å². The maximum absolute atomic E-state index is 4.62. The second kappa shape index (κ2) is 13.1. The van der Waals surface area contributed by atoms with E-state index in [-0.39, 0.29) is 24.0 Å². The van der Waals surface area contributed by atoms with E-state index in [0.29, 0.717) is 0 Å². The van der Waals surface area contributed by atoms with E-state index in [9.17, 15) is 0 Å². The van der Waals surface area contributed by atoms with Crippen LogP contribution in [-0.4, -0.2) is 32.1 Å². The van der Waals surface area contributed by atoms with Gasteiger partial charge in [0.1, 0.15) is 0 Å². The summed E-state index contributed by atoms with van der Waals surface area (Å²) < 4.78 is 0. The molecule has 1 aromatic carbocycles. The number of rotatable bonds is 9. The zero-order chi connectivity index (χ0) is 16.2. The highest BCUT2D eigenvalue weighted by atomic mass is 127. The average molecular weight is 458 g/mol. The number of anilines is 1. The summed E-state index contributed by atoms with van der Waals surface area (Å²) in [6, 6.07) is 14.5. The Kier molecular flexibility index (Phi) is 11.3. The number of para-hydroxylation sites is 1. The summed E-state index contributed by atoms with van der Waals surface area (Å²) in [4.78, 5) is 6.02. The number of halogens is 1. The predicted octanol–water partition coefficient (Wildman–Crippen LogP) is 3.97. The van der Waals surface area contributed by atoms with Crippen molar-refractivity contribution < 1.29 is 0 Å². The standard InChI is InChI=1S/C18H26N4S.HI/c1-2-19-18(22-14-11-17-10-6-15-23-17)21-13-7-12-20-16-8-4-3-5-9-16;/h3-6,8-10,15,20H,2,7,11-14H2,1H3,(H2,19,21,22);1H. The molecule has 1 heterocycles. The third kappa shape index (κ3) is 8.54. The van der Waals surface area contributed by atoms with Gasteiger partial charge in [-0.2, -0.15) is 0 Å². The van der Waals surface area contributed by atoms with Crippen molar-refractivity contribution in [1.82, 2.24) is 10.6 Å². The molecule has 1 aromatic heterocycles. The summed E-state index contributed by atoms with van der Waals surface area (Å²) >= 11 is 1.80. The largest absolute Gasteiger partial charge is 0.385 e. The monoisotopic (exact) mass is 458 g/mol. The molecule has 0 aliphatic heterocycles. The Morgan fingerprint density at radius 3 is 2.58 bits per heavy atom. The summed E-state index contributed by atoms with van der Waals surface area (Å²) in [6.07, 6.45) is 2.05. The second-order valence-corrected chi connectivity index (χ2v) is 6.20. The van der Waals surface area contributed by atoms with Crippen molar-refractivity contribution in [3.8, 4) is 0 Å². The summed E-state index contributed by atoms with van der Waals surface area (Å²) in [5.74, 6) is 0.906. The normalized spacial score (nSPS) is 10.8. The minimum absolute atomic E-state index is 0. The highest BCUT2D eigenvalue weighted by Crippen LogP contribution is 2.08. The topological polar surface area (TPSA) is 48.5 Å². The molecule has 24 heavy (non-hydrogen) atoms. The molecule has 0 atom stereocenters. The van der Waals surface area contributed by atoms with E-state index in [1.165, 1.54) is 4.88 Å². The number of nitrogens with one attached hydrogen (secondary N) is 3. The molecule has 0 radical (unpaired) electrons. The number of guanidine groups is 1. The van der Waals surface area contributed by atoms with Crippen LogP contribution in [0.1, 0.15) is 18.2 Å². The van der Waals surface area contributed by atoms with Crippen molar-refractivity contribution >= 4 is 47.0 Å². The SMILES string of the molecule is CCNC(=NCCCNc1ccccc1)NCCc1cccs1.I. The molecule has 3 N–H and O–H groups in total. The first kappa shape index (κ1) is 20.8. The van der Waals surface area contributed by atoms with Crippen LogP contribution in [0.2, 0.25) is 0 Å². The van der Waals surface area contributed by atoms with Crippen molar-refractivity contribution in [2.24, 2.45) is 4.99 Å². The highest BCUT2D eigenvalue weighted by molar-refractivity contribution is 14.0. The van der Waals surface area contributed by atoms with Crippen molar-refractivity contribution in [3.63, 3.8) is 0 Å². The van der Waals surface area contributed by atoms with Gasteiger partial charge in [-0.25, -0.2) is 0 Å². The van der Waals surface area contributed by atoms with Gasteiger partial charge in [0.25, 0.3) is 0 Å². The molecule has 0 fully saturated rings. The molecule has 2 rings (SSSR count). The van der Waals surface area contributed by atoms with Crippen LogP contribution < -0.4 is 16.0 Å². The van der Waals surface area contributed by atoms with E-state index < -0.39 is 0 Å². The maximum atomic E-state index is 4.62. The Morgan fingerprint density at radius 1 is 1.04 bits per heavy atom. The van der Waals surface area contributed by atoms with Crippen LogP contribution in [0.5, 0.6) is 0 Å². The summed E-state index contributed by atoms with van der Waals surface area (Å²) in [5, 5.41) is 12.2. The van der Waals surface area contributed by atoms with Gasteiger partial charge in [-0.1, -0.05) is 24.3 Å².